The molecule has 2 rings (SSSR count). The second-order valence-electron chi connectivity index (χ2n) is 3.87. The van der Waals surface area contributed by atoms with Crippen molar-refractivity contribution in [2.75, 3.05) is 0 Å². The largest absolute Gasteiger partial charge is 0.476 e. The molecule has 0 aliphatic heterocycles. The van der Waals surface area contributed by atoms with Crippen molar-refractivity contribution in [2.45, 2.75) is 13.8 Å². The molecular formula is C12H9BrFNO3. The van der Waals surface area contributed by atoms with Gasteiger partial charge in [0.2, 0.25) is 0 Å². The number of halogens is 2. The number of aromatic nitrogens is 1. The van der Waals surface area contributed by atoms with Crippen LogP contribution in [0.5, 0.6) is 0 Å². The van der Waals surface area contributed by atoms with Crippen molar-refractivity contribution in [3.63, 3.8) is 0 Å². The standard InChI is InChI=1S/C12H9BrFNO3/c1-5-3-7(14)11(13)10(6(5)2)9-4-8(12(16)17)15-18-9/h3-4H,1-2H3,(H,16,17). The molecule has 1 aromatic heterocycles. The quantitative estimate of drug-likeness (QED) is 0.920. The van der Waals surface area contributed by atoms with Crippen LogP contribution in [-0.4, -0.2) is 16.2 Å². The summed E-state index contributed by atoms with van der Waals surface area (Å²) in [7, 11) is 0. The number of rotatable bonds is 2. The van der Waals surface area contributed by atoms with Gasteiger partial charge in [-0.15, -0.1) is 0 Å². The number of carboxylic acid groups (broad SMARTS) is 1. The van der Waals surface area contributed by atoms with Crippen LogP contribution in [-0.2, 0) is 0 Å². The van der Waals surface area contributed by atoms with E-state index < -0.39 is 11.8 Å². The Morgan fingerprint density at radius 1 is 1.44 bits per heavy atom. The summed E-state index contributed by atoms with van der Waals surface area (Å²) in [6.07, 6.45) is 0. The summed E-state index contributed by atoms with van der Waals surface area (Å²) in [5, 5.41) is 12.2. The molecule has 0 aliphatic rings. The van der Waals surface area contributed by atoms with Gasteiger partial charge in [0, 0.05) is 11.6 Å². The molecule has 0 bridgehead atoms. The predicted molar refractivity (Wildman–Crippen MR) is 66.0 cm³/mol. The van der Waals surface area contributed by atoms with E-state index in [0.717, 1.165) is 11.1 Å². The highest BCUT2D eigenvalue weighted by molar-refractivity contribution is 9.10. The van der Waals surface area contributed by atoms with E-state index in [2.05, 4.69) is 21.1 Å². The van der Waals surface area contributed by atoms with Crippen molar-refractivity contribution in [2.24, 2.45) is 0 Å². The van der Waals surface area contributed by atoms with Crippen LogP contribution in [0.3, 0.4) is 0 Å². The first-order chi connectivity index (χ1) is 8.41. The zero-order valence-corrected chi connectivity index (χ0v) is 11.2. The predicted octanol–water partition coefficient (Wildman–Crippen LogP) is 3.56. The fourth-order valence-electron chi connectivity index (χ4n) is 1.63. The third-order valence-electron chi connectivity index (χ3n) is 2.71. The number of nitrogens with zero attached hydrogens (tertiary/aromatic N) is 1. The second-order valence-corrected chi connectivity index (χ2v) is 4.66. The van der Waals surface area contributed by atoms with E-state index in [-0.39, 0.29) is 15.9 Å². The van der Waals surface area contributed by atoms with Gasteiger partial charge in [-0.1, -0.05) is 5.16 Å². The Kier molecular flexibility index (Phi) is 3.21. The van der Waals surface area contributed by atoms with Crippen LogP contribution >= 0.6 is 15.9 Å². The lowest BCUT2D eigenvalue weighted by Gasteiger charge is -2.09. The molecule has 18 heavy (non-hydrogen) atoms. The van der Waals surface area contributed by atoms with Crippen molar-refractivity contribution < 1.29 is 18.8 Å². The van der Waals surface area contributed by atoms with E-state index in [1.165, 1.54) is 12.1 Å². The molecule has 0 aliphatic carbocycles. The Bertz CT molecular complexity index is 610. The molecule has 0 unspecified atom stereocenters. The highest BCUT2D eigenvalue weighted by atomic mass is 79.9. The SMILES string of the molecule is Cc1cc(F)c(Br)c(-c2cc(C(=O)O)no2)c1C. The lowest BCUT2D eigenvalue weighted by molar-refractivity contribution is 0.0686. The second kappa shape index (κ2) is 4.53. The Labute approximate surface area is 111 Å². The van der Waals surface area contributed by atoms with Crippen molar-refractivity contribution >= 4 is 21.9 Å². The van der Waals surface area contributed by atoms with Gasteiger partial charge < -0.3 is 9.63 Å². The third kappa shape index (κ3) is 2.03. The maximum Gasteiger partial charge on any atom is 0.358 e. The van der Waals surface area contributed by atoms with E-state index in [4.69, 9.17) is 9.63 Å². The van der Waals surface area contributed by atoms with Gasteiger partial charge in [-0.05, 0) is 47.0 Å². The monoisotopic (exact) mass is 313 g/mol. The molecule has 0 amide bonds. The minimum absolute atomic E-state index is 0.210. The third-order valence-corrected chi connectivity index (χ3v) is 3.49. The van der Waals surface area contributed by atoms with Crippen molar-refractivity contribution in [3.8, 4) is 11.3 Å². The lowest BCUT2D eigenvalue weighted by atomic mass is 10.0. The molecule has 1 heterocycles. The number of carboxylic acids is 1. The van der Waals surface area contributed by atoms with E-state index in [1.807, 2.05) is 0 Å². The molecule has 0 saturated carbocycles. The summed E-state index contributed by atoms with van der Waals surface area (Å²) in [4.78, 5) is 10.7. The van der Waals surface area contributed by atoms with Gasteiger partial charge in [0.1, 0.15) is 5.82 Å². The molecule has 4 nitrogen and oxygen atoms in total. The van der Waals surface area contributed by atoms with Crippen LogP contribution in [0, 0.1) is 19.7 Å². The number of carbonyl (C=O) groups is 1. The number of benzene rings is 1. The Balaban J connectivity index is 2.66. The average molecular weight is 314 g/mol. The zero-order valence-electron chi connectivity index (χ0n) is 9.62. The maximum absolute atomic E-state index is 13.6. The van der Waals surface area contributed by atoms with Gasteiger partial charge in [0.05, 0.1) is 4.47 Å². The van der Waals surface area contributed by atoms with Crippen LogP contribution < -0.4 is 0 Å². The molecule has 0 fully saturated rings. The molecule has 1 N–H and O–H groups in total. The summed E-state index contributed by atoms with van der Waals surface area (Å²) >= 11 is 3.14. The van der Waals surface area contributed by atoms with Gasteiger partial charge >= 0.3 is 5.97 Å². The van der Waals surface area contributed by atoms with E-state index in [9.17, 15) is 9.18 Å². The Morgan fingerprint density at radius 2 is 2.11 bits per heavy atom. The fourth-order valence-corrected chi connectivity index (χ4v) is 2.24. The van der Waals surface area contributed by atoms with Gasteiger partial charge in [-0.25, -0.2) is 9.18 Å². The number of hydrogen-bond acceptors (Lipinski definition) is 3. The minimum atomic E-state index is -1.19. The van der Waals surface area contributed by atoms with Crippen LogP contribution in [0.4, 0.5) is 4.39 Å². The molecular weight excluding hydrogens is 305 g/mol. The van der Waals surface area contributed by atoms with Gasteiger partial charge in [0.15, 0.2) is 11.5 Å². The number of aromatic carboxylic acids is 1. The summed E-state index contributed by atoms with van der Waals surface area (Å²) in [5.41, 5.74) is 1.82. The van der Waals surface area contributed by atoms with Crippen molar-refractivity contribution in [3.05, 3.63) is 39.2 Å². The van der Waals surface area contributed by atoms with Crippen LogP contribution in [0.1, 0.15) is 21.6 Å². The molecule has 0 spiro atoms. The number of aryl methyl sites for hydroxylation is 1. The van der Waals surface area contributed by atoms with E-state index in [0.29, 0.717) is 5.56 Å². The van der Waals surface area contributed by atoms with Gasteiger partial charge in [-0.3, -0.25) is 0 Å². The first-order valence-electron chi connectivity index (χ1n) is 5.07. The summed E-state index contributed by atoms with van der Waals surface area (Å²) in [6, 6.07) is 2.67. The first-order valence-corrected chi connectivity index (χ1v) is 5.86. The smallest absolute Gasteiger partial charge is 0.358 e. The average Bonchev–Trinajstić information content (AvgIpc) is 2.76. The highest BCUT2D eigenvalue weighted by Crippen LogP contribution is 2.35. The first kappa shape index (κ1) is 12.8. The minimum Gasteiger partial charge on any atom is -0.476 e. The molecule has 2 aromatic rings. The summed E-state index contributed by atoms with van der Waals surface area (Å²) in [6.45, 7) is 3.57. The van der Waals surface area contributed by atoms with Crippen molar-refractivity contribution in [1.29, 1.82) is 0 Å². The summed E-state index contributed by atoms with van der Waals surface area (Å²) in [5.74, 6) is -1.40. The molecule has 94 valence electrons. The van der Waals surface area contributed by atoms with Crippen LogP contribution in [0.2, 0.25) is 0 Å². The van der Waals surface area contributed by atoms with E-state index in [1.54, 1.807) is 13.8 Å². The van der Waals surface area contributed by atoms with Gasteiger partial charge in [-0.2, -0.15) is 0 Å². The molecule has 1 aromatic carbocycles. The Hall–Kier alpha value is -1.69. The zero-order chi connectivity index (χ0) is 13.4. The van der Waals surface area contributed by atoms with Crippen LogP contribution in [0.25, 0.3) is 11.3 Å². The fraction of sp³-hybridized carbons (Fsp3) is 0.167. The normalized spacial score (nSPS) is 10.7. The van der Waals surface area contributed by atoms with Crippen LogP contribution in [0.15, 0.2) is 21.1 Å². The van der Waals surface area contributed by atoms with E-state index >= 15 is 0 Å². The molecule has 0 radical (unpaired) electrons. The maximum atomic E-state index is 13.6. The van der Waals surface area contributed by atoms with Crippen molar-refractivity contribution in [1.82, 2.24) is 5.16 Å². The molecule has 0 atom stereocenters. The highest BCUT2D eigenvalue weighted by Gasteiger charge is 2.19. The molecule has 6 heteroatoms. The summed E-state index contributed by atoms with van der Waals surface area (Å²) < 4.78 is 18.8. The Morgan fingerprint density at radius 3 is 2.67 bits per heavy atom. The topological polar surface area (TPSA) is 63.3 Å². The number of hydrogen-bond donors (Lipinski definition) is 1. The lowest BCUT2D eigenvalue weighted by Crippen LogP contribution is -1.95. The molecule has 0 saturated heterocycles. The van der Waals surface area contributed by atoms with Gasteiger partial charge in [0.25, 0.3) is 0 Å².